The summed E-state index contributed by atoms with van der Waals surface area (Å²) in [7, 11) is 0. The third-order valence-electron chi connectivity index (χ3n) is 4.11. The van der Waals surface area contributed by atoms with Crippen LogP contribution in [-0.4, -0.2) is 28.2 Å². The fourth-order valence-corrected chi connectivity index (χ4v) is 3.36. The molecule has 0 saturated heterocycles. The Morgan fingerprint density at radius 2 is 1.57 bits per heavy atom. The Labute approximate surface area is 171 Å². The molecule has 3 aromatic rings. The van der Waals surface area contributed by atoms with Gasteiger partial charge in [-0.05, 0) is 53.1 Å². The Bertz CT molecular complexity index is 952. The van der Waals surface area contributed by atoms with Gasteiger partial charge in [0.15, 0.2) is 6.29 Å². The van der Waals surface area contributed by atoms with Crippen molar-refractivity contribution >= 4 is 23.2 Å². The molecule has 0 aliphatic carbocycles. The first-order valence-electron chi connectivity index (χ1n) is 8.38. The predicted molar refractivity (Wildman–Crippen MR) is 106 cm³/mol. The van der Waals surface area contributed by atoms with Gasteiger partial charge < -0.3 is 20.1 Å². The summed E-state index contributed by atoms with van der Waals surface area (Å²) < 4.78 is 18.4. The molecule has 28 heavy (non-hydrogen) atoms. The summed E-state index contributed by atoms with van der Waals surface area (Å²) in [6, 6.07) is 14.1. The van der Waals surface area contributed by atoms with E-state index in [1.54, 1.807) is 42.5 Å². The quantitative estimate of drug-likeness (QED) is 0.499. The third kappa shape index (κ3) is 4.94. The largest absolute Gasteiger partial charge is 0.507 e. The highest BCUT2D eigenvalue weighted by atomic mass is 35.5. The highest BCUT2D eigenvalue weighted by Crippen LogP contribution is 2.35. The van der Waals surface area contributed by atoms with Crippen LogP contribution in [0.2, 0.25) is 10.0 Å². The molecule has 0 bridgehead atoms. The number of phenols is 1. The molecule has 0 spiro atoms. The summed E-state index contributed by atoms with van der Waals surface area (Å²) in [5.74, 6) is 0.0531. The van der Waals surface area contributed by atoms with Gasteiger partial charge in [-0.1, -0.05) is 41.4 Å². The van der Waals surface area contributed by atoms with Gasteiger partial charge in [0, 0.05) is 22.0 Å². The first kappa shape index (κ1) is 20.4. The van der Waals surface area contributed by atoms with Gasteiger partial charge in [0.05, 0.1) is 0 Å². The van der Waals surface area contributed by atoms with E-state index >= 15 is 0 Å². The zero-order valence-corrected chi connectivity index (χ0v) is 16.1. The fourth-order valence-electron chi connectivity index (χ4n) is 2.76. The minimum atomic E-state index is -1.60. The number of halogens is 3. The molecular formula is C21H17Cl2FO4. The molecule has 0 aliphatic heterocycles. The Morgan fingerprint density at radius 1 is 0.929 bits per heavy atom. The fraction of sp³-hybridized carbons (Fsp3) is 0.143. The lowest BCUT2D eigenvalue weighted by Gasteiger charge is -2.13. The summed E-state index contributed by atoms with van der Waals surface area (Å²) >= 11 is 12.6. The molecule has 3 rings (SSSR count). The van der Waals surface area contributed by atoms with Gasteiger partial charge in [0.2, 0.25) is 0 Å². The van der Waals surface area contributed by atoms with E-state index in [9.17, 15) is 9.50 Å². The zero-order valence-electron chi connectivity index (χ0n) is 14.6. The average Bonchev–Trinajstić information content (AvgIpc) is 2.65. The Balaban J connectivity index is 1.87. The van der Waals surface area contributed by atoms with Crippen molar-refractivity contribution in [1.82, 2.24) is 0 Å². The Morgan fingerprint density at radius 3 is 2.18 bits per heavy atom. The molecule has 0 fully saturated rings. The van der Waals surface area contributed by atoms with Crippen LogP contribution in [-0.2, 0) is 6.42 Å². The molecule has 3 aromatic carbocycles. The van der Waals surface area contributed by atoms with Gasteiger partial charge in [0.25, 0.3) is 0 Å². The molecule has 7 heteroatoms. The van der Waals surface area contributed by atoms with Crippen LogP contribution in [0.5, 0.6) is 11.5 Å². The molecule has 0 aliphatic rings. The summed E-state index contributed by atoms with van der Waals surface area (Å²) in [6.07, 6.45) is -1.20. The van der Waals surface area contributed by atoms with E-state index in [4.69, 9.17) is 38.2 Å². The van der Waals surface area contributed by atoms with Gasteiger partial charge in [-0.15, -0.1) is 0 Å². The van der Waals surface area contributed by atoms with Crippen molar-refractivity contribution in [3.63, 3.8) is 0 Å². The number of ether oxygens (including phenoxy) is 1. The first-order chi connectivity index (χ1) is 13.3. The zero-order chi connectivity index (χ0) is 20.3. The van der Waals surface area contributed by atoms with Gasteiger partial charge in [-0.25, -0.2) is 4.39 Å². The molecule has 4 nitrogen and oxygen atoms in total. The van der Waals surface area contributed by atoms with Crippen LogP contribution in [0, 0.1) is 5.82 Å². The number of hydrogen-bond acceptors (Lipinski definition) is 4. The second-order valence-corrected chi connectivity index (χ2v) is 7.01. The lowest BCUT2D eigenvalue weighted by molar-refractivity contribution is -0.0680. The summed E-state index contributed by atoms with van der Waals surface area (Å²) in [6.45, 7) is -0.301. The molecule has 3 N–H and O–H groups in total. The van der Waals surface area contributed by atoms with Crippen molar-refractivity contribution in [3.05, 3.63) is 81.6 Å². The smallest absolute Gasteiger partial charge is 0.186 e. The maximum absolute atomic E-state index is 13.2. The van der Waals surface area contributed by atoms with Crippen LogP contribution in [0.3, 0.4) is 0 Å². The number of rotatable bonds is 6. The van der Waals surface area contributed by atoms with E-state index in [1.807, 2.05) is 0 Å². The van der Waals surface area contributed by atoms with Crippen molar-refractivity contribution < 1.29 is 24.4 Å². The second-order valence-electron chi connectivity index (χ2n) is 6.19. The number of aromatic hydroxyl groups is 1. The lowest BCUT2D eigenvalue weighted by Crippen LogP contribution is -2.16. The van der Waals surface area contributed by atoms with E-state index in [2.05, 4.69) is 0 Å². The SMILES string of the molecule is Oc1ccc(Cc2c(Cl)cc(OCC(O)O)cc2Cl)cc1-c1ccc(F)cc1. The van der Waals surface area contributed by atoms with Gasteiger partial charge in [0.1, 0.15) is 23.9 Å². The van der Waals surface area contributed by atoms with Crippen LogP contribution in [0.4, 0.5) is 4.39 Å². The number of aliphatic hydroxyl groups is 2. The van der Waals surface area contributed by atoms with E-state index in [0.29, 0.717) is 38.9 Å². The van der Waals surface area contributed by atoms with E-state index in [0.717, 1.165) is 5.56 Å². The standard InChI is InChI=1S/C21H17Cl2FO4/c22-18-9-15(28-11-21(26)27)10-19(23)17(18)8-12-1-6-20(25)16(7-12)13-2-4-14(24)5-3-13/h1-7,9-10,21,25-27H,8,11H2. The van der Waals surface area contributed by atoms with E-state index in [1.165, 1.54) is 12.1 Å². The first-order valence-corrected chi connectivity index (χ1v) is 9.14. The molecule has 0 radical (unpaired) electrons. The topological polar surface area (TPSA) is 69.9 Å². The normalized spacial score (nSPS) is 11.1. The summed E-state index contributed by atoms with van der Waals surface area (Å²) in [4.78, 5) is 0. The highest BCUT2D eigenvalue weighted by molar-refractivity contribution is 6.36. The molecule has 146 valence electrons. The molecule has 0 unspecified atom stereocenters. The van der Waals surface area contributed by atoms with Crippen LogP contribution in [0.1, 0.15) is 11.1 Å². The molecule has 0 amide bonds. The van der Waals surface area contributed by atoms with Gasteiger partial charge in [-0.3, -0.25) is 0 Å². The maximum Gasteiger partial charge on any atom is 0.186 e. The van der Waals surface area contributed by atoms with Crippen LogP contribution < -0.4 is 4.74 Å². The van der Waals surface area contributed by atoms with E-state index in [-0.39, 0.29) is 18.2 Å². The van der Waals surface area contributed by atoms with Gasteiger partial charge in [-0.2, -0.15) is 0 Å². The van der Waals surface area contributed by atoms with Crippen molar-refractivity contribution in [2.75, 3.05) is 6.61 Å². The second kappa shape index (κ2) is 8.80. The molecular weight excluding hydrogens is 406 g/mol. The average molecular weight is 423 g/mol. The molecule has 0 saturated carbocycles. The lowest BCUT2D eigenvalue weighted by atomic mass is 9.98. The number of aliphatic hydroxyl groups excluding tert-OH is 1. The molecule has 0 atom stereocenters. The summed E-state index contributed by atoms with van der Waals surface area (Å²) in [5.41, 5.74) is 2.77. The number of hydrogen-bond donors (Lipinski definition) is 3. The predicted octanol–water partition coefficient (Wildman–Crippen LogP) is 4.79. The third-order valence-corrected chi connectivity index (χ3v) is 4.79. The van der Waals surface area contributed by atoms with Crippen LogP contribution in [0.15, 0.2) is 54.6 Å². The minimum absolute atomic E-state index is 0.0823. The van der Waals surface area contributed by atoms with Crippen molar-refractivity contribution in [2.24, 2.45) is 0 Å². The molecule has 0 heterocycles. The Hall–Kier alpha value is -2.31. The van der Waals surface area contributed by atoms with Gasteiger partial charge >= 0.3 is 0 Å². The van der Waals surface area contributed by atoms with Crippen LogP contribution in [0.25, 0.3) is 11.1 Å². The number of benzene rings is 3. The van der Waals surface area contributed by atoms with Crippen molar-refractivity contribution in [2.45, 2.75) is 12.7 Å². The Kier molecular flexibility index (Phi) is 6.42. The maximum atomic E-state index is 13.2. The minimum Gasteiger partial charge on any atom is -0.507 e. The highest BCUT2D eigenvalue weighted by Gasteiger charge is 2.13. The number of phenolic OH excluding ortho intramolecular Hbond substituents is 1. The van der Waals surface area contributed by atoms with Crippen molar-refractivity contribution in [1.29, 1.82) is 0 Å². The summed E-state index contributed by atoms with van der Waals surface area (Å²) in [5, 5.41) is 28.7. The molecule has 0 aromatic heterocycles. The van der Waals surface area contributed by atoms with Crippen LogP contribution >= 0.6 is 23.2 Å². The van der Waals surface area contributed by atoms with E-state index < -0.39 is 6.29 Å². The van der Waals surface area contributed by atoms with Crippen molar-refractivity contribution in [3.8, 4) is 22.6 Å². The monoisotopic (exact) mass is 422 g/mol.